The minimum absolute atomic E-state index is 0.0272. The van der Waals surface area contributed by atoms with Gasteiger partial charge in [0.2, 0.25) is 11.8 Å². The van der Waals surface area contributed by atoms with Crippen LogP contribution in [0.15, 0.2) is 106 Å². The van der Waals surface area contributed by atoms with Crippen molar-refractivity contribution in [3.05, 3.63) is 113 Å². The molecule has 4 aromatic rings. The summed E-state index contributed by atoms with van der Waals surface area (Å²) < 4.78 is 108. The smallest absolute Gasteiger partial charge is 0.399 e. The van der Waals surface area contributed by atoms with Crippen LogP contribution >= 0.6 is 11.8 Å². The first-order chi connectivity index (χ1) is 36.2. The van der Waals surface area contributed by atoms with Crippen LogP contribution in [0.4, 0.5) is 29.3 Å². The fourth-order valence-electron chi connectivity index (χ4n) is 8.38. The molecule has 2 fully saturated rings. The van der Waals surface area contributed by atoms with Gasteiger partial charge in [-0.2, -0.15) is 13.2 Å². The van der Waals surface area contributed by atoms with Gasteiger partial charge in [0.15, 0.2) is 0 Å². The van der Waals surface area contributed by atoms with Gasteiger partial charge in [-0.15, -0.1) is 16.8 Å². The summed E-state index contributed by atoms with van der Waals surface area (Å²) in [5.41, 5.74) is 0.595. The molecule has 0 radical (unpaired) electrons. The van der Waals surface area contributed by atoms with Crippen LogP contribution < -0.4 is 26.4 Å². The fraction of sp³-hybridized carbons (Fsp3) is 0.388. The highest BCUT2D eigenvalue weighted by atomic mass is 32.2. The van der Waals surface area contributed by atoms with Crippen LogP contribution in [-0.4, -0.2) is 156 Å². The van der Waals surface area contributed by atoms with Crippen LogP contribution in [-0.2, 0) is 50.2 Å². The summed E-state index contributed by atoms with van der Waals surface area (Å²) in [6.45, 7) is 3.01. The molecule has 6 N–H and O–H groups in total. The highest BCUT2D eigenvalue weighted by Gasteiger charge is 2.49. The number of thioether (sulfide) groups is 1. The maximum atomic E-state index is 14.2. The summed E-state index contributed by atoms with van der Waals surface area (Å²) in [6, 6.07) is 19.7. The number of nitrogen functional groups attached to an aromatic ring is 1. The maximum Gasteiger partial charge on any atom is 0.501 e. The zero-order chi connectivity index (χ0) is 54.6. The molecular formula is C49H55F3N8O13S3. The Bertz CT molecular complexity index is 3000. The molecule has 2 saturated heterocycles. The molecule has 3 aliphatic rings. The molecule has 0 bridgehead atoms. The number of carbonyl (C=O) groups excluding carboxylic acids is 6. The molecule has 7 rings (SSSR count). The standard InChI is InChI=1S/C49H55F3N8O13S3/c50-49(51,52)75(67,68)41-30-37(76(69,70)57-44(62)33-11-13-34(53)14-12-33)15-16-39(41)55-35(31-74-36-8-2-1-3-9-36)19-21-58-22-24-59(25-23-58)73-48(66)54-20-27-72-29-28-71-26-5-7-32-6-4-10-38-43(32)47(65)60(46(38)64)40-17-18-42(61)56-45(40)63/h1-4,6,8-16,30,35,40,55H,5,7,17-29,31,53H2,(H,54,66)(H,57,62)(H,56,61,63)/t35-,40?/m1/s1. The Hall–Kier alpha value is -6.62. The van der Waals surface area contributed by atoms with E-state index in [-0.39, 0.29) is 67.3 Å². The van der Waals surface area contributed by atoms with Gasteiger partial charge in [0, 0.05) is 80.2 Å². The molecule has 0 aliphatic carbocycles. The number of hydrogen-bond acceptors (Lipinski definition) is 18. The molecule has 21 nitrogen and oxygen atoms in total. The molecule has 1 unspecified atom stereocenters. The number of sulfonamides is 1. The number of alkyl halides is 3. The van der Waals surface area contributed by atoms with Crippen molar-refractivity contribution >= 4 is 78.6 Å². The van der Waals surface area contributed by atoms with Gasteiger partial charge in [0.05, 0.1) is 41.5 Å². The number of hydrogen-bond donors (Lipinski definition) is 5. The van der Waals surface area contributed by atoms with E-state index >= 15 is 0 Å². The molecule has 27 heteroatoms. The zero-order valence-corrected chi connectivity index (χ0v) is 43.2. The molecule has 3 aliphatic heterocycles. The van der Waals surface area contributed by atoms with E-state index in [1.54, 1.807) is 22.9 Å². The molecule has 408 valence electrons. The van der Waals surface area contributed by atoms with E-state index in [0.29, 0.717) is 70.2 Å². The average Bonchev–Trinajstić information content (AvgIpc) is 3.65. The Labute approximate surface area is 440 Å². The van der Waals surface area contributed by atoms with Crippen molar-refractivity contribution in [2.24, 2.45) is 0 Å². The largest absolute Gasteiger partial charge is 0.501 e. The van der Waals surface area contributed by atoms with Crippen molar-refractivity contribution < 1.29 is 73.1 Å². The van der Waals surface area contributed by atoms with Crippen molar-refractivity contribution in [3.8, 4) is 0 Å². The maximum absolute atomic E-state index is 14.2. The normalized spacial score (nSPS) is 17.0. The van der Waals surface area contributed by atoms with Gasteiger partial charge >= 0.3 is 11.6 Å². The lowest BCUT2D eigenvalue weighted by atomic mass is 9.99. The van der Waals surface area contributed by atoms with Gasteiger partial charge < -0.3 is 35.6 Å². The van der Waals surface area contributed by atoms with Crippen molar-refractivity contribution in [2.45, 2.75) is 64.4 Å². The number of aryl methyl sites for hydroxylation is 1. The van der Waals surface area contributed by atoms with Crippen LogP contribution in [0.1, 0.15) is 62.3 Å². The lowest BCUT2D eigenvalue weighted by Gasteiger charge is -2.34. The van der Waals surface area contributed by atoms with E-state index in [9.17, 15) is 58.8 Å². The van der Waals surface area contributed by atoms with Crippen molar-refractivity contribution in [1.29, 1.82) is 0 Å². The first kappa shape index (κ1) is 57.1. The number of carbonyl (C=O) groups is 6. The number of piperazine rings is 1. The predicted octanol–water partition coefficient (Wildman–Crippen LogP) is 3.97. The van der Waals surface area contributed by atoms with Crippen LogP contribution in [0.3, 0.4) is 0 Å². The molecule has 0 spiro atoms. The summed E-state index contributed by atoms with van der Waals surface area (Å²) in [4.78, 5) is 82.7. The van der Waals surface area contributed by atoms with E-state index in [0.717, 1.165) is 21.9 Å². The highest BCUT2D eigenvalue weighted by Crippen LogP contribution is 2.37. The Morgan fingerprint density at radius 3 is 2.25 bits per heavy atom. The Morgan fingerprint density at radius 2 is 1.55 bits per heavy atom. The highest BCUT2D eigenvalue weighted by molar-refractivity contribution is 7.99. The predicted molar refractivity (Wildman–Crippen MR) is 270 cm³/mol. The van der Waals surface area contributed by atoms with E-state index in [1.165, 1.54) is 41.1 Å². The summed E-state index contributed by atoms with van der Waals surface area (Å²) in [5.74, 6) is -3.12. The third kappa shape index (κ3) is 14.6. The number of nitrogens with one attached hydrogen (secondary N) is 4. The molecule has 0 saturated carbocycles. The van der Waals surface area contributed by atoms with Gasteiger partial charge in [-0.25, -0.2) is 26.4 Å². The van der Waals surface area contributed by atoms with Gasteiger partial charge in [-0.1, -0.05) is 30.3 Å². The Kier molecular flexibility index (Phi) is 19.1. The third-order valence-electron chi connectivity index (χ3n) is 12.3. The molecule has 2 atom stereocenters. The second-order valence-electron chi connectivity index (χ2n) is 17.6. The number of imide groups is 2. The van der Waals surface area contributed by atoms with Gasteiger partial charge in [-0.3, -0.25) is 34.2 Å². The number of fused-ring (bicyclic) bond motifs is 1. The number of hydroxylamine groups is 2. The zero-order valence-electron chi connectivity index (χ0n) is 40.7. The van der Waals surface area contributed by atoms with E-state index in [4.69, 9.17) is 20.0 Å². The lowest BCUT2D eigenvalue weighted by molar-refractivity contribution is -0.136. The average molecular weight is 1120 g/mol. The lowest BCUT2D eigenvalue weighted by Crippen LogP contribution is -2.54. The number of anilines is 2. The van der Waals surface area contributed by atoms with Crippen LogP contribution in [0, 0.1) is 0 Å². The molecular weight excluding hydrogens is 1060 g/mol. The van der Waals surface area contributed by atoms with E-state index in [2.05, 4.69) is 16.0 Å². The number of ether oxygens (including phenoxy) is 2. The SMILES string of the molecule is Nc1ccc(C(=O)NS(=O)(=O)c2ccc(N[C@H](CCN3CCN(OC(=O)NCCOCCOCCCc4cccc5c4C(=O)N(C4CCC(=O)NC4=O)C5=O)CC3)CSc3ccccc3)c(S(=O)(=O)C(F)(F)F)c2)cc1. The van der Waals surface area contributed by atoms with Crippen LogP contribution in [0.2, 0.25) is 0 Å². The number of amides is 6. The van der Waals surface area contributed by atoms with Crippen molar-refractivity contribution in [1.82, 2.24) is 30.2 Å². The van der Waals surface area contributed by atoms with E-state index in [1.807, 2.05) is 35.2 Å². The first-order valence-corrected chi connectivity index (χ1v) is 27.9. The van der Waals surface area contributed by atoms with Crippen LogP contribution in [0.25, 0.3) is 0 Å². The quantitative estimate of drug-likeness (QED) is 0.0287. The number of piperidine rings is 1. The number of nitrogens with zero attached hydrogens (tertiary/aromatic N) is 3. The number of benzene rings is 4. The van der Waals surface area contributed by atoms with Crippen molar-refractivity contribution in [2.75, 3.05) is 82.5 Å². The monoisotopic (exact) mass is 1120 g/mol. The van der Waals surface area contributed by atoms with Gasteiger partial charge in [0.1, 0.15) is 10.9 Å². The third-order valence-corrected chi connectivity index (χ3v) is 16.4. The minimum atomic E-state index is -6.13. The topological polar surface area (TPSA) is 282 Å². The fourth-order valence-corrected chi connectivity index (χ4v) is 11.4. The first-order valence-electron chi connectivity index (χ1n) is 24.0. The summed E-state index contributed by atoms with van der Waals surface area (Å²) in [7, 11) is -11.0. The Morgan fingerprint density at radius 1 is 0.842 bits per heavy atom. The molecule has 3 heterocycles. The number of nitrogens with two attached hydrogens (primary N) is 1. The van der Waals surface area contributed by atoms with Gasteiger partial charge in [0.25, 0.3) is 37.6 Å². The number of halogens is 3. The number of sulfone groups is 1. The number of rotatable bonds is 24. The molecule has 76 heavy (non-hydrogen) atoms. The summed E-state index contributed by atoms with van der Waals surface area (Å²) in [5, 5.41) is 9.21. The molecule has 0 aromatic heterocycles. The van der Waals surface area contributed by atoms with Crippen LogP contribution in [0.5, 0.6) is 0 Å². The molecule has 6 amide bonds. The van der Waals surface area contributed by atoms with E-state index < -0.39 is 88.6 Å². The summed E-state index contributed by atoms with van der Waals surface area (Å²) >= 11 is 1.37. The van der Waals surface area contributed by atoms with Crippen molar-refractivity contribution in [3.63, 3.8) is 0 Å². The second-order valence-corrected chi connectivity index (χ2v) is 22.3. The Balaban J connectivity index is 0.830. The second kappa shape index (κ2) is 25.5. The summed E-state index contributed by atoms with van der Waals surface area (Å²) in [6.07, 6.45) is 0.649. The molecule has 4 aromatic carbocycles. The van der Waals surface area contributed by atoms with Gasteiger partial charge in [-0.05, 0) is 91.9 Å². The minimum Gasteiger partial charge on any atom is -0.399 e.